The molecule has 1 saturated carbocycles. The Morgan fingerprint density at radius 1 is 1.47 bits per heavy atom. The van der Waals surface area contributed by atoms with E-state index >= 15 is 0 Å². The second kappa shape index (κ2) is 3.78. The molecule has 1 aliphatic rings. The Balaban J connectivity index is 2.06. The van der Waals surface area contributed by atoms with Crippen molar-refractivity contribution in [2.75, 3.05) is 0 Å². The van der Waals surface area contributed by atoms with Gasteiger partial charge >= 0.3 is 0 Å². The van der Waals surface area contributed by atoms with E-state index in [4.69, 9.17) is 5.73 Å². The smallest absolute Gasteiger partial charge is 0.156 e. The van der Waals surface area contributed by atoms with Crippen LogP contribution in [0.25, 0.3) is 0 Å². The van der Waals surface area contributed by atoms with Gasteiger partial charge in [0.2, 0.25) is 0 Å². The summed E-state index contributed by atoms with van der Waals surface area (Å²) in [7, 11) is 0. The van der Waals surface area contributed by atoms with Gasteiger partial charge in [-0.2, -0.15) is 0 Å². The Hall–Kier alpha value is -1.15. The van der Waals surface area contributed by atoms with Crippen LogP contribution in [-0.4, -0.2) is 11.3 Å². The number of rotatable bonds is 3. The first-order chi connectivity index (χ1) is 7.10. The predicted octanol–water partition coefficient (Wildman–Crippen LogP) is 1.99. The summed E-state index contributed by atoms with van der Waals surface area (Å²) in [6.45, 7) is 2.04. The predicted molar refractivity (Wildman–Crippen MR) is 60.7 cm³/mol. The highest BCUT2D eigenvalue weighted by Crippen LogP contribution is 2.30. The molecule has 80 valence electrons. The highest BCUT2D eigenvalue weighted by Gasteiger charge is 2.39. The molecule has 0 spiro atoms. The molecule has 0 aromatic heterocycles. The number of nitrogens with two attached hydrogens (primary N) is 1. The molecule has 1 aromatic rings. The summed E-state index contributed by atoms with van der Waals surface area (Å²) >= 11 is 0. The van der Waals surface area contributed by atoms with E-state index in [2.05, 4.69) is 6.07 Å². The molecule has 0 unspecified atom stereocenters. The molecule has 2 rings (SSSR count). The molecule has 15 heavy (non-hydrogen) atoms. The normalized spacial score (nSPS) is 18.3. The van der Waals surface area contributed by atoms with Crippen LogP contribution in [0.1, 0.15) is 30.4 Å². The van der Waals surface area contributed by atoms with Crippen LogP contribution in [0.5, 0.6) is 0 Å². The van der Waals surface area contributed by atoms with Gasteiger partial charge < -0.3 is 5.73 Å². The van der Waals surface area contributed by atoms with Crippen molar-refractivity contribution in [2.45, 2.75) is 38.1 Å². The van der Waals surface area contributed by atoms with Crippen molar-refractivity contribution in [1.82, 2.24) is 0 Å². The summed E-state index contributed by atoms with van der Waals surface area (Å²) in [6.07, 6.45) is 3.30. The number of carbonyl (C=O) groups excluding carboxylic acids is 1. The molecule has 2 nitrogen and oxygen atoms in total. The van der Waals surface area contributed by atoms with E-state index < -0.39 is 5.54 Å². The standard InChI is InChI=1S/C13H17NO/c1-10-4-2-5-11(8-10)9-12(15)13(14)6-3-7-13/h2,4-5,8H,3,6-7,9,14H2,1H3. The second-order valence-electron chi connectivity index (χ2n) is 4.60. The average Bonchev–Trinajstić information content (AvgIpc) is 2.14. The van der Waals surface area contributed by atoms with E-state index in [0.29, 0.717) is 6.42 Å². The Bertz CT molecular complexity index is 380. The highest BCUT2D eigenvalue weighted by atomic mass is 16.1. The largest absolute Gasteiger partial charge is 0.319 e. The van der Waals surface area contributed by atoms with Gasteiger partial charge in [-0.1, -0.05) is 29.8 Å². The minimum Gasteiger partial charge on any atom is -0.319 e. The van der Waals surface area contributed by atoms with E-state index in [1.165, 1.54) is 5.56 Å². The molecule has 2 N–H and O–H groups in total. The number of Topliss-reactive ketones (excluding diaryl/α,β-unsaturated/α-hetero) is 1. The topological polar surface area (TPSA) is 43.1 Å². The van der Waals surface area contributed by atoms with Crippen molar-refractivity contribution >= 4 is 5.78 Å². The quantitative estimate of drug-likeness (QED) is 0.816. The van der Waals surface area contributed by atoms with Crippen molar-refractivity contribution in [3.8, 4) is 0 Å². The summed E-state index contributed by atoms with van der Waals surface area (Å²) < 4.78 is 0. The second-order valence-corrected chi connectivity index (χ2v) is 4.60. The van der Waals surface area contributed by atoms with E-state index in [-0.39, 0.29) is 5.78 Å². The maximum absolute atomic E-state index is 11.9. The third-order valence-electron chi connectivity index (χ3n) is 3.25. The van der Waals surface area contributed by atoms with E-state index in [9.17, 15) is 4.79 Å². The van der Waals surface area contributed by atoms with Crippen LogP contribution in [-0.2, 0) is 11.2 Å². The molecule has 0 radical (unpaired) electrons. The number of ketones is 1. The van der Waals surface area contributed by atoms with Gasteiger partial charge in [0.1, 0.15) is 0 Å². The first-order valence-corrected chi connectivity index (χ1v) is 5.48. The van der Waals surface area contributed by atoms with Crippen molar-refractivity contribution in [3.05, 3.63) is 35.4 Å². The molecule has 0 bridgehead atoms. The number of hydrogen-bond acceptors (Lipinski definition) is 2. The first kappa shape index (κ1) is 10.4. The number of carbonyl (C=O) groups is 1. The summed E-state index contributed by atoms with van der Waals surface area (Å²) in [5.74, 6) is 0.194. The lowest BCUT2D eigenvalue weighted by Crippen LogP contribution is -2.54. The third kappa shape index (κ3) is 2.10. The maximum Gasteiger partial charge on any atom is 0.156 e. The lowest BCUT2D eigenvalue weighted by molar-refractivity contribution is -0.126. The van der Waals surface area contributed by atoms with Gasteiger partial charge in [0.15, 0.2) is 5.78 Å². The molecular formula is C13H17NO. The molecule has 2 heteroatoms. The van der Waals surface area contributed by atoms with Gasteiger partial charge in [0.05, 0.1) is 5.54 Å². The molecule has 0 aliphatic heterocycles. The fourth-order valence-electron chi connectivity index (χ4n) is 2.02. The molecule has 0 heterocycles. The van der Waals surface area contributed by atoms with Gasteiger partial charge in [-0.3, -0.25) is 4.79 Å². The van der Waals surface area contributed by atoms with Crippen LogP contribution >= 0.6 is 0 Å². The monoisotopic (exact) mass is 203 g/mol. The van der Waals surface area contributed by atoms with Crippen molar-refractivity contribution < 1.29 is 4.79 Å². The van der Waals surface area contributed by atoms with Gasteiger partial charge in [-0.05, 0) is 31.7 Å². The molecule has 1 fully saturated rings. The fourth-order valence-corrected chi connectivity index (χ4v) is 2.02. The zero-order valence-corrected chi connectivity index (χ0v) is 9.12. The van der Waals surface area contributed by atoms with E-state index in [1.807, 2.05) is 25.1 Å². The Labute approximate surface area is 90.5 Å². The molecule has 1 aliphatic carbocycles. The minimum absolute atomic E-state index is 0.194. The first-order valence-electron chi connectivity index (χ1n) is 5.48. The van der Waals surface area contributed by atoms with Crippen LogP contribution in [0.15, 0.2) is 24.3 Å². The molecule has 0 atom stereocenters. The van der Waals surface area contributed by atoms with E-state index in [0.717, 1.165) is 24.8 Å². The summed E-state index contributed by atoms with van der Waals surface area (Å²) in [5, 5.41) is 0. The molecule has 1 aromatic carbocycles. The number of aryl methyl sites for hydroxylation is 1. The van der Waals surface area contributed by atoms with Crippen LogP contribution in [0.2, 0.25) is 0 Å². The lowest BCUT2D eigenvalue weighted by atomic mass is 9.73. The highest BCUT2D eigenvalue weighted by molar-refractivity contribution is 5.90. The Kier molecular flexibility index (Phi) is 2.61. The number of hydrogen-bond donors (Lipinski definition) is 1. The minimum atomic E-state index is -0.510. The van der Waals surface area contributed by atoms with E-state index in [1.54, 1.807) is 0 Å². The van der Waals surface area contributed by atoms with Crippen LogP contribution in [0.3, 0.4) is 0 Å². The van der Waals surface area contributed by atoms with Gasteiger partial charge in [0, 0.05) is 6.42 Å². The van der Waals surface area contributed by atoms with Crippen LogP contribution < -0.4 is 5.73 Å². The van der Waals surface area contributed by atoms with Crippen molar-refractivity contribution in [2.24, 2.45) is 5.73 Å². The van der Waals surface area contributed by atoms with Gasteiger partial charge in [0.25, 0.3) is 0 Å². The molecular weight excluding hydrogens is 186 g/mol. The Morgan fingerprint density at radius 2 is 2.20 bits per heavy atom. The SMILES string of the molecule is Cc1cccc(CC(=O)C2(N)CCC2)c1. The van der Waals surface area contributed by atoms with Crippen molar-refractivity contribution in [3.63, 3.8) is 0 Å². The summed E-state index contributed by atoms with van der Waals surface area (Å²) in [6, 6.07) is 8.07. The third-order valence-corrected chi connectivity index (χ3v) is 3.25. The zero-order chi connectivity index (χ0) is 10.9. The number of benzene rings is 1. The zero-order valence-electron chi connectivity index (χ0n) is 9.12. The molecule has 0 amide bonds. The van der Waals surface area contributed by atoms with Crippen LogP contribution in [0.4, 0.5) is 0 Å². The summed E-state index contributed by atoms with van der Waals surface area (Å²) in [4.78, 5) is 11.9. The fraction of sp³-hybridized carbons (Fsp3) is 0.462. The molecule has 0 saturated heterocycles. The lowest BCUT2D eigenvalue weighted by Gasteiger charge is -2.36. The van der Waals surface area contributed by atoms with Gasteiger partial charge in [-0.15, -0.1) is 0 Å². The van der Waals surface area contributed by atoms with Gasteiger partial charge in [-0.25, -0.2) is 0 Å². The maximum atomic E-state index is 11.9. The average molecular weight is 203 g/mol. The van der Waals surface area contributed by atoms with Crippen LogP contribution in [0, 0.1) is 6.92 Å². The summed E-state index contributed by atoms with van der Waals surface area (Å²) in [5.41, 5.74) is 7.75. The Morgan fingerprint density at radius 3 is 2.73 bits per heavy atom. The van der Waals surface area contributed by atoms with Crippen molar-refractivity contribution in [1.29, 1.82) is 0 Å².